The normalized spacial score (nSPS) is 18.6. The minimum absolute atomic E-state index is 0.0487. The number of hydrogen-bond acceptors (Lipinski definition) is 4. The summed E-state index contributed by atoms with van der Waals surface area (Å²) in [6.07, 6.45) is 0. The smallest absolute Gasteiger partial charge is 0.320 e. The van der Waals surface area contributed by atoms with Crippen LogP contribution in [-0.2, 0) is 4.79 Å². The van der Waals surface area contributed by atoms with Crippen LogP contribution in [0.3, 0.4) is 0 Å². The molecule has 0 saturated carbocycles. The molecule has 1 aromatic rings. The predicted molar refractivity (Wildman–Crippen MR) is 68.9 cm³/mol. The van der Waals surface area contributed by atoms with Crippen LogP contribution >= 0.6 is 11.3 Å². The van der Waals surface area contributed by atoms with Gasteiger partial charge in [-0.25, -0.2) is 0 Å². The topological polar surface area (TPSA) is 60.9 Å². The lowest BCUT2D eigenvalue weighted by Crippen LogP contribution is -2.53. The summed E-state index contributed by atoms with van der Waals surface area (Å²) in [5, 5.41) is 10.8. The Morgan fingerprint density at radius 3 is 2.50 bits per heavy atom. The average Bonchev–Trinajstić information content (AvgIpc) is 2.91. The number of carbonyl (C=O) groups is 2. The van der Waals surface area contributed by atoms with Gasteiger partial charge in [-0.2, -0.15) is 0 Å². The monoisotopic (exact) mass is 268 g/mol. The quantitative estimate of drug-likeness (QED) is 0.887. The Morgan fingerprint density at radius 1 is 1.33 bits per heavy atom. The van der Waals surface area contributed by atoms with Crippen molar-refractivity contribution in [2.75, 3.05) is 26.2 Å². The standard InChI is InChI=1S/C12H16N2O3S/c1-9(12(16)17)13-4-6-14(7-5-13)11(15)10-3-2-8-18-10/h2-3,8-9H,4-7H2,1H3,(H,16,17)/t9-/m1/s1. The molecule has 0 aliphatic carbocycles. The van der Waals surface area contributed by atoms with Crippen LogP contribution < -0.4 is 0 Å². The molecule has 0 bridgehead atoms. The van der Waals surface area contributed by atoms with E-state index in [-0.39, 0.29) is 5.91 Å². The van der Waals surface area contributed by atoms with E-state index in [0.717, 1.165) is 4.88 Å². The van der Waals surface area contributed by atoms with Gasteiger partial charge < -0.3 is 10.0 Å². The van der Waals surface area contributed by atoms with Crippen LogP contribution in [0, 0.1) is 0 Å². The Morgan fingerprint density at radius 2 is 2.00 bits per heavy atom. The molecule has 1 aliphatic rings. The zero-order chi connectivity index (χ0) is 13.1. The first-order valence-corrected chi connectivity index (χ1v) is 6.77. The fourth-order valence-electron chi connectivity index (χ4n) is 2.02. The summed E-state index contributed by atoms with van der Waals surface area (Å²) in [5.41, 5.74) is 0. The van der Waals surface area contributed by atoms with Crippen LogP contribution in [0.5, 0.6) is 0 Å². The van der Waals surface area contributed by atoms with E-state index in [9.17, 15) is 9.59 Å². The van der Waals surface area contributed by atoms with Crippen molar-refractivity contribution in [3.8, 4) is 0 Å². The van der Waals surface area contributed by atoms with E-state index in [0.29, 0.717) is 26.2 Å². The van der Waals surface area contributed by atoms with Gasteiger partial charge in [-0.1, -0.05) is 6.07 Å². The number of carbonyl (C=O) groups excluding carboxylic acids is 1. The highest BCUT2D eigenvalue weighted by atomic mass is 32.1. The van der Waals surface area contributed by atoms with Gasteiger partial charge in [-0.3, -0.25) is 14.5 Å². The lowest BCUT2D eigenvalue weighted by Gasteiger charge is -2.36. The summed E-state index contributed by atoms with van der Waals surface area (Å²) < 4.78 is 0. The lowest BCUT2D eigenvalue weighted by molar-refractivity contribution is -0.143. The van der Waals surface area contributed by atoms with Gasteiger partial charge in [0.1, 0.15) is 6.04 Å². The molecule has 0 aromatic carbocycles. The van der Waals surface area contributed by atoms with Crippen molar-refractivity contribution in [2.24, 2.45) is 0 Å². The maximum Gasteiger partial charge on any atom is 0.320 e. The fraction of sp³-hybridized carbons (Fsp3) is 0.500. The highest BCUT2D eigenvalue weighted by Crippen LogP contribution is 2.14. The van der Waals surface area contributed by atoms with Gasteiger partial charge in [0.05, 0.1) is 4.88 Å². The maximum atomic E-state index is 12.1. The summed E-state index contributed by atoms with van der Waals surface area (Å²) in [5.74, 6) is -0.763. The molecule has 18 heavy (non-hydrogen) atoms. The number of amides is 1. The molecular weight excluding hydrogens is 252 g/mol. The molecule has 1 fully saturated rings. The molecule has 1 amide bonds. The number of thiophene rings is 1. The van der Waals surface area contributed by atoms with Crippen molar-refractivity contribution < 1.29 is 14.7 Å². The second-order valence-corrected chi connectivity index (χ2v) is 5.27. The van der Waals surface area contributed by atoms with E-state index in [1.165, 1.54) is 11.3 Å². The zero-order valence-electron chi connectivity index (χ0n) is 10.2. The van der Waals surface area contributed by atoms with E-state index < -0.39 is 12.0 Å². The van der Waals surface area contributed by atoms with E-state index in [2.05, 4.69) is 0 Å². The number of aliphatic carboxylic acids is 1. The van der Waals surface area contributed by atoms with Gasteiger partial charge >= 0.3 is 5.97 Å². The molecule has 2 heterocycles. The Labute approximate surface area is 110 Å². The summed E-state index contributed by atoms with van der Waals surface area (Å²) in [6, 6.07) is 3.20. The predicted octanol–water partition coefficient (Wildman–Crippen LogP) is 0.979. The van der Waals surface area contributed by atoms with E-state index in [1.54, 1.807) is 11.8 Å². The Bertz CT molecular complexity index is 425. The first kappa shape index (κ1) is 13.0. The third kappa shape index (κ3) is 2.70. The van der Waals surface area contributed by atoms with Gasteiger partial charge in [0.2, 0.25) is 0 Å². The summed E-state index contributed by atoms with van der Waals surface area (Å²) >= 11 is 1.44. The number of piperazine rings is 1. The maximum absolute atomic E-state index is 12.1. The minimum atomic E-state index is -0.812. The second kappa shape index (κ2) is 5.49. The molecule has 1 N–H and O–H groups in total. The van der Waals surface area contributed by atoms with Gasteiger partial charge in [0, 0.05) is 26.2 Å². The highest BCUT2D eigenvalue weighted by molar-refractivity contribution is 7.12. The molecular formula is C12H16N2O3S. The highest BCUT2D eigenvalue weighted by Gasteiger charge is 2.27. The third-order valence-electron chi connectivity index (χ3n) is 3.24. The van der Waals surface area contributed by atoms with Crippen molar-refractivity contribution in [3.05, 3.63) is 22.4 Å². The second-order valence-electron chi connectivity index (χ2n) is 4.32. The van der Waals surface area contributed by atoms with Gasteiger partial charge in [-0.15, -0.1) is 11.3 Å². The molecule has 1 aromatic heterocycles. The number of hydrogen-bond donors (Lipinski definition) is 1. The number of carboxylic acid groups (broad SMARTS) is 1. The van der Waals surface area contributed by atoms with Crippen LogP contribution in [-0.4, -0.2) is 59.0 Å². The molecule has 6 heteroatoms. The number of rotatable bonds is 3. The molecule has 98 valence electrons. The number of carboxylic acids is 1. The van der Waals surface area contributed by atoms with Gasteiger partial charge in [-0.05, 0) is 18.4 Å². The first-order valence-electron chi connectivity index (χ1n) is 5.89. The van der Waals surface area contributed by atoms with Crippen molar-refractivity contribution in [2.45, 2.75) is 13.0 Å². The van der Waals surface area contributed by atoms with Crippen LogP contribution in [0.25, 0.3) is 0 Å². The SMILES string of the molecule is C[C@H](C(=O)O)N1CCN(C(=O)c2cccs2)CC1. The molecule has 0 spiro atoms. The molecule has 1 aliphatic heterocycles. The van der Waals surface area contributed by atoms with E-state index in [1.807, 2.05) is 22.4 Å². The zero-order valence-corrected chi connectivity index (χ0v) is 11.0. The fourth-order valence-corrected chi connectivity index (χ4v) is 2.72. The van der Waals surface area contributed by atoms with Crippen molar-refractivity contribution in [3.63, 3.8) is 0 Å². The Balaban J connectivity index is 1.91. The lowest BCUT2D eigenvalue weighted by atomic mass is 10.2. The van der Waals surface area contributed by atoms with Crippen molar-refractivity contribution >= 4 is 23.2 Å². The van der Waals surface area contributed by atoms with Crippen LogP contribution in [0.2, 0.25) is 0 Å². The molecule has 2 rings (SSSR count). The van der Waals surface area contributed by atoms with E-state index in [4.69, 9.17) is 5.11 Å². The minimum Gasteiger partial charge on any atom is -0.480 e. The van der Waals surface area contributed by atoms with Crippen LogP contribution in [0.4, 0.5) is 0 Å². The first-order chi connectivity index (χ1) is 8.59. The van der Waals surface area contributed by atoms with Crippen molar-refractivity contribution in [1.82, 2.24) is 9.80 Å². The average molecular weight is 268 g/mol. The Hall–Kier alpha value is -1.40. The van der Waals surface area contributed by atoms with Crippen LogP contribution in [0.15, 0.2) is 17.5 Å². The molecule has 0 radical (unpaired) electrons. The summed E-state index contributed by atoms with van der Waals surface area (Å²) in [7, 11) is 0. The molecule has 1 saturated heterocycles. The third-order valence-corrected chi connectivity index (χ3v) is 4.10. The summed E-state index contributed by atoms with van der Waals surface area (Å²) in [4.78, 5) is 27.4. The van der Waals surface area contributed by atoms with Gasteiger partial charge in [0.15, 0.2) is 0 Å². The molecule has 0 unspecified atom stereocenters. The molecule has 1 atom stereocenters. The largest absolute Gasteiger partial charge is 0.480 e. The summed E-state index contributed by atoms with van der Waals surface area (Å²) in [6.45, 7) is 4.09. The number of nitrogens with zero attached hydrogens (tertiary/aromatic N) is 2. The van der Waals surface area contributed by atoms with Crippen LogP contribution in [0.1, 0.15) is 16.6 Å². The van der Waals surface area contributed by atoms with E-state index >= 15 is 0 Å². The van der Waals surface area contributed by atoms with Gasteiger partial charge in [0.25, 0.3) is 5.91 Å². The van der Waals surface area contributed by atoms with Crippen molar-refractivity contribution in [1.29, 1.82) is 0 Å². The molecule has 5 nitrogen and oxygen atoms in total. The Kier molecular flexibility index (Phi) is 3.98.